The van der Waals surface area contributed by atoms with Gasteiger partial charge in [-0.3, -0.25) is 9.59 Å². The molecule has 0 spiro atoms. The summed E-state index contributed by atoms with van der Waals surface area (Å²) in [4.78, 5) is 39.0. The maximum absolute atomic E-state index is 12.5. The number of rotatable bonds is 6. The molecular formula is C23H26N2O5. The fourth-order valence-electron chi connectivity index (χ4n) is 3.36. The van der Waals surface area contributed by atoms with Gasteiger partial charge in [-0.25, -0.2) is 4.79 Å². The molecule has 1 aliphatic heterocycles. The van der Waals surface area contributed by atoms with Crippen molar-refractivity contribution in [3.05, 3.63) is 60.2 Å². The van der Waals surface area contributed by atoms with Crippen molar-refractivity contribution in [3.63, 3.8) is 0 Å². The molecule has 0 saturated carbocycles. The van der Waals surface area contributed by atoms with Crippen LogP contribution in [0.2, 0.25) is 0 Å². The molecule has 0 aliphatic carbocycles. The van der Waals surface area contributed by atoms with Crippen molar-refractivity contribution in [2.24, 2.45) is 5.92 Å². The first kappa shape index (κ1) is 21.4. The lowest BCUT2D eigenvalue weighted by Gasteiger charge is -2.31. The van der Waals surface area contributed by atoms with Crippen molar-refractivity contribution in [3.8, 4) is 5.75 Å². The molecule has 30 heavy (non-hydrogen) atoms. The van der Waals surface area contributed by atoms with Gasteiger partial charge >= 0.3 is 12.0 Å². The zero-order chi connectivity index (χ0) is 21.5. The Kier molecular flexibility index (Phi) is 7.06. The summed E-state index contributed by atoms with van der Waals surface area (Å²) in [5, 5.41) is 2.85. The van der Waals surface area contributed by atoms with E-state index < -0.39 is 12.1 Å². The maximum Gasteiger partial charge on any atom is 0.321 e. The first-order valence-electron chi connectivity index (χ1n) is 9.97. The SMILES string of the molecule is COc1ccc(C(=O)C(C)OC(=O)C2CCN(C(=O)Nc3ccccc3)CC2)cc1. The second-order valence-corrected chi connectivity index (χ2v) is 7.23. The van der Waals surface area contributed by atoms with Gasteiger partial charge in [0.15, 0.2) is 6.10 Å². The molecule has 1 atom stereocenters. The van der Waals surface area contributed by atoms with Gasteiger partial charge in [0, 0.05) is 24.3 Å². The minimum atomic E-state index is -0.870. The number of ketones is 1. The Morgan fingerprint density at radius 3 is 2.23 bits per heavy atom. The summed E-state index contributed by atoms with van der Waals surface area (Å²) in [6.45, 7) is 2.49. The number of carbonyl (C=O) groups is 3. The number of esters is 1. The monoisotopic (exact) mass is 410 g/mol. The van der Waals surface area contributed by atoms with Gasteiger partial charge in [0.1, 0.15) is 5.75 Å². The zero-order valence-corrected chi connectivity index (χ0v) is 17.2. The lowest BCUT2D eigenvalue weighted by molar-refractivity contribution is -0.152. The van der Waals surface area contributed by atoms with Crippen molar-refractivity contribution in [1.29, 1.82) is 0 Å². The molecule has 3 rings (SSSR count). The maximum atomic E-state index is 12.5. The van der Waals surface area contributed by atoms with E-state index in [4.69, 9.17) is 9.47 Å². The second kappa shape index (κ2) is 9.91. The normalized spacial score (nSPS) is 15.2. The first-order chi connectivity index (χ1) is 14.5. The molecule has 1 fully saturated rings. The highest BCUT2D eigenvalue weighted by molar-refractivity contribution is 6.00. The van der Waals surface area contributed by atoms with E-state index in [-0.39, 0.29) is 17.7 Å². The summed E-state index contributed by atoms with van der Waals surface area (Å²) < 4.78 is 10.5. The van der Waals surface area contributed by atoms with Crippen molar-refractivity contribution in [2.75, 3.05) is 25.5 Å². The molecular weight excluding hydrogens is 384 g/mol. The number of methoxy groups -OCH3 is 1. The van der Waals surface area contributed by atoms with Crippen LogP contribution in [0.25, 0.3) is 0 Å². The van der Waals surface area contributed by atoms with Crippen LogP contribution in [0.3, 0.4) is 0 Å². The van der Waals surface area contributed by atoms with Gasteiger partial charge in [0.25, 0.3) is 0 Å². The number of amides is 2. The number of hydrogen-bond acceptors (Lipinski definition) is 5. The number of benzene rings is 2. The predicted molar refractivity (Wildman–Crippen MR) is 113 cm³/mol. The van der Waals surface area contributed by atoms with E-state index >= 15 is 0 Å². The number of hydrogen-bond donors (Lipinski definition) is 1. The Hall–Kier alpha value is -3.35. The van der Waals surface area contributed by atoms with E-state index in [2.05, 4.69) is 5.32 Å². The fourth-order valence-corrected chi connectivity index (χ4v) is 3.36. The Bertz CT molecular complexity index is 874. The first-order valence-corrected chi connectivity index (χ1v) is 9.97. The zero-order valence-electron chi connectivity index (χ0n) is 17.2. The topological polar surface area (TPSA) is 84.9 Å². The van der Waals surface area contributed by atoms with E-state index in [1.165, 1.54) is 0 Å². The molecule has 1 N–H and O–H groups in total. The number of ether oxygens (including phenoxy) is 2. The molecule has 2 amide bonds. The summed E-state index contributed by atoms with van der Waals surface area (Å²) >= 11 is 0. The number of piperidine rings is 1. The van der Waals surface area contributed by atoms with Gasteiger partial charge < -0.3 is 19.7 Å². The third-order valence-electron chi connectivity index (χ3n) is 5.18. The van der Waals surface area contributed by atoms with E-state index in [1.54, 1.807) is 43.2 Å². The highest BCUT2D eigenvalue weighted by atomic mass is 16.5. The molecule has 7 heteroatoms. The molecule has 1 unspecified atom stereocenters. The molecule has 2 aromatic carbocycles. The summed E-state index contributed by atoms with van der Waals surface area (Å²) in [5.74, 6) is -0.325. The summed E-state index contributed by atoms with van der Waals surface area (Å²) in [5.41, 5.74) is 1.19. The summed E-state index contributed by atoms with van der Waals surface area (Å²) in [6.07, 6.45) is 0.139. The van der Waals surface area contributed by atoms with Crippen LogP contribution in [0.15, 0.2) is 54.6 Å². The third kappa shape index (κ3) is 5.37. The number of para-hydroxylation sites is 1. The van der Waals surface area contributed by atoms with Gasteiger partial charge in [0.2, 0.25) is 5.78 Å². The molecule has 0 aromatic heterocycles. The molecule has 7 nitrogen and oxygen atoms in total. The molecule has 1 aliphatic rings. The fraction of sp³-hybridized carbons (Fsp3) is 0.348. The van der Waals surface area contributed by atoms with E-state index in [1.807, 2.05) is 30.3 Å². The molecule has 0 bridgehead atoms. The van der Waals surface area contributed by atoms with Crippen LogP contribution in [-0.4, -0.2) is 49.0 Å². The minimum absolute atomic E-state index is 0.184. The number of likely N-dealkylation sites (tertiary alicyclic amines) is 1. The van der Waals surface area contributed by atoms with Crippen LogP contribution >= 0.6 is 0 Å². The Morgan fingerprint density at radius 1 is 1.00 bits per heavy atom. The van der Waals surface area contributed by atoms with E-state index in [0.717, 1.165) is 5.69 Å². The smallest absolute Gasteiger partial charge is 0.321 e. The van der Waals surface area contributed by atoms with Crippen LogP contribution < -0.4 is 10.1 Å². The summed E-state index contributed by atoms with van der Waals surface area (Å²) in [7, 11) is 1.55. The standard InChI is InChI=1S/C23H26N2O5/c1-16(21(26)17-8-10-20(29-2)11-9-17)30-22(27)18-12-14-25(15-13-18)23(28)24-19-6-4-3-5-7-19/h3-11,16,18H,12-15H2,1-2H3,(H,24,28). The van der Waals surface area contributed by atoms with Crippen molar-refractivity contribution in [1.82, 2.24) is 4.90 Å². The highest BCUT2D eigenvalue weighted by Crippen LogP contribution is 2.21. The average Bonchev–Trinajstić information content (AvgIpc) is 2.79. The van der Waals surface area contributed by atoms with E-state index in [9.17, 15) is 14.4 Å². The van der Waals surface area contributed by atoms with Crippen LogP contribution in [0.4, 0.5) is 10.5 Å². The molecule has 158 valence electrons. The molecule has 1 heterocycles. The largest absolute Gasteiger partial charge is 0.497 e. The highest BCUT2D eigenvalue weighted by Gasteiger charge is 2.30. The quantitative estimate of drug-likeness (QED) is 0.579. The van der Waals surface area contributed by atoms with E-state index in [0.29, 0.717) is 37.2 Å². The number of nitrogens with zero attached hydrogens (tertiary/aromatic N) is 1. The summed E-state index contributed by atoms with van der Waals surface area (Å²) in [6, 6.07) is 15.7. The number of carbonyl (C=O) groups excluding carboxylic acids is 3. The Balaban J connectivity index is 1.47. The number of nitrogens with one attached hydrogen (secondary N) is 1. The van der Waals surface area contributed by atoms with Gasteiger partial charge in [-0.2, -0.15) is 0 Å². The molecule has 1 saturated heterocycles. The van der Waals surface area contributed by atoms with Gasteiger partial charge in [-0.05, 0) is 56.2 Å². The van der Waals surface area contributed by atoms with Gasteiger partial charge in [0.05, 0.1) is 13.0 Å². The number of anilines is 1. The Labute approximate surface area is 176 Å². The van der Waals surface area contributed by atoms with Gasteiger partial charge in [-0.15, -0.1) is 0 Å². The van der Waals surface area contributed by atoms with Crippen LogP contribution in [0, 0.1) is 5.92 Å². The van der Waals surface area contributed by atoms with Crippen molar-refractivity contribution < 1.29 is 23.9 Å². The molecule has 2 aromatic rings. The van der Waals surface area contributed by atoms with Crippen molar-refractivity contribution in [2.45, 2.75) is 25.9 Å². The van der Waals surface area contributed by atoms with Gasteiger partial charge in [-0.1, -0.05) is 18.2 Å². The lowest BCUT2D eigenvalue weighted by atomic mass is 9.97. The van der Waals surface area contributed by atoms with Crippen molar-refractivity contribution >= 4 is 23.5 Å². The average molecular weight is 410 g/mol. The number of Topliss-reactive ketones (excluding diaryl/α,β-unsaturated/α-hetero) is 1. The number of urea groups is 1. The third-order valence-corrected chi connectivity index (χ3v) is 5.18. The second-order valence-electron chi connectivity index (χ2n) is 7.23. The minimum Gasteiger partial charge on any atom is -0.497 e. The van der Waals surface area contributed by atoms with Crippen LogP contribution in [0.5, 0.6) is 5.75 Å². The van der Waals surface area contributed by atoms with Crippen LogP contribution in [0.1, 0.15) is 30.1 Å². The molecule has 0 radical (unpaired) electrons. The predicted octanol–water partition coefficient (Wildman–Crippen LogP) is 3.75. The van der Waals surface area contributed by atoms with Crippen LogP contribution in [-0.2, 0) is 9.53 Å². The lowest BCUT2D eigenvalue weighted by Crippen LogP contribution is -2.43. The Morgan fingerprint density at radius 2 is 1.63 bits per heavy atom.